The molecule has 35 heavy (non-hydrogen) atoms. The van der Waals surface area contributed by atoms with E-state index in [1.165, 1.54) is 0 Å². The van der Waals surface area contributed by atoms with Crippen LogP contribution < -0.4 is 10.1 Å². The molecule has 2 aromatic heterocycles. The van der Waals surface area contributed by atoms with Crippen molar-refractivity contribution < 1.29 is 19.1 Å². The molecule has 0 spiro atoms. The highest BCUT2D eigenvalue weighted by Gasteiger charge is 2.28. The maximum Gasteiger partial charge on any atom is 0.410 e. The van der Waals surface area contributed by atoms with Crippen LogP contribution in [0.2, 0.25) is 0 Å². The van der Waals surface area contributed by atoms with Gasteiger partial charge in [0, 0.05) is 50.5 Å². The summed E-state index contributed by atoms with van der Waals surface area (Å²) in [4.78, 5) is 31.3. The minimum absolute atomic E-state index is 0.145. The third-order valence-corrected chi connectivity index (χ3v) is 5.92. The van der Waals surface area contributed by atoms with Gasteiger partial charge in [0.25, 0.3) is 5.91 Å². The smallest absolute Gasteiger partial charge is 0.410 e. The van der Waals surface area contributed by atoms with Gasteiger partial charge in [-0.05, 0) is 70.0 Å². The first-order chi connectivity index (χ1) is 16.7. The number of imidazole rings is 1. The van der Waals surface area contributed by atoms with Crippen LogP contribution in [0.5, 0.6) is 5.75 Å². The molecule has 1 aromatic carbocycles. The lowest BCUT2D eigenvalue weighted by atomic mass is 10.0. The van der Waals surface area contributed by atoms with Crippen molar-refractivity contribution in [2.24, 2.45) is 7.05 Å². The zero-order valence-corrected chi connectivity index (χ0v) is 20.7. The van der Waals surface area contributed by atoms with Gasteiger partial charge in [-0.2, -0.15) is 0 Å². The fourth-order valence-electron chi connectivity index (χ4n) is 4.07. The van der Waals surface area contributed by atoms with Crippen LogP contribution >= 0.6 is 0 Å². The van der Waals surface area contributed by atoms with E-state index in [1.807, 2.05) is 85.7 Å². The number of nitrogens with one attached hydrogen (secondary N) is 1. The second kappa shape index (κ2) is 10.2. The van der Waals surface area contributed by atoms with Crippen molar-refractivity contribution in [1.29, 1.82) is 0 Å². The van der Waals surface area contributed by atoms with Crippen LogP contribution in [0.4, 0.5) is 10.5 Å². The Labute approximate surface area is 205 Å². The zero-order valence-electron chi connectivity index (χ0n) is 20.7. The highest BCUT2D eigenvalue weighted by Crippen LogP contribution is 2.26. The predicted molar refractivity (Wildman–Crippen MR) is 132 cm³/mol. The maximum absolute atomic E-state index is 13.0. The number of hydrogen-bond acceptors (Lipinski definition) is 5. The van der Waals surface area contributed by atoms with E-state index in [-0.39, 0.29) is 18.0 Å². The fraction of sp³-hybridized carbons (Fsp3) is 0.423. The van der Waals surface area contributed by atoms with Gasteiger partial charge >= 0.3 is 6.09 Å². The van der Waals surface area contributed by atoms with Gasteiger partial charge in [0.1, 0.15) is 29.5 Å². The van der Waals surface area contributed by atoms with Crippen molar-refractivity contribution in [1.82, 2.24) is 19.0 Å². The number of amides is 2. The van der Waals surface area contributed by atoms with E-state index in [1.54, 1.807) is 11.1 Å². The second-order valence-corrected chi connectivity index (χ2v) is 9.72. The number of hydrogen-bond donors (Lipinski definition) is 1. The molecule has 1 fully saturated rings. The lowest BCUT2D eigenvalue weighted by Crippen LogP contribution is -2.42. The Bertz CT molecular complexity index is 1150. The van der Waals surface area contributed by atoms with Crippen LogP contribution in [0.1, 0.15) is 56.0 Å². The summed E-state index contributed by atoms with van der Waals surface area (Å²) < 4.78 is 15.2. The molecular formula is C26H33N5O4. The third-order valence-electron chi connectivity index (χ3n) is 5.92. The predicted octanol–water partition coefficient (Wildman–Crippen LogP) is 4.62. The Balaban J connectivity index is 1.32. The largest absolute Gasteiger partial charge is 0.486 e. The minimum atomic E-state index is -0.511. The van der Waals surface area contributed by atoms with Gasteiger partial charge in [-0.1, -0.05) is 0 Å². The van der Waals surface area contributed by atoms with Crippen molar-refractivity contribution >= 4 is 17.7 Å². The van der Waals surface area contributed by atoms with Crippen molar-refractivity contribution in [3.63, 3.8) is 0 Å². The number of carbonyl (C=O) groups is 2. The number of piperidine rings is 1. The highest BCUT2D eigenvalue weighted by atomic mass is 16.6. The van der Waals surface area contributed by atoms with Crippen molar-refractivity contribution in [2.75, 3.05) is 18.4 Å². The summed E-state index contributed by atoms with van der Waals surface area (Å²) in [6, 6.07) is 11.1. The van der Waals surface area contributed by atoms with Crippen LogP contribution in [0, 0.1) is 0 Å². The number of ether oxygens (including phenoxy) is 2. The fourth-order valence-corrected chi connectivity index (χ4v) is 4.07. The Hall–Kier alpha value is -3.75. The van der Waals surface area contributed by atoms with E-state index in [0.717, 1.165) is 18.7 Å². The van der Waals surface area contributed by atoms with Gasteiger partial charge in [-0.25, -0.2) is 9.78 Å². The Kier molecular flexibility index (Phi) is 7.14. The second-order valence-electron chi connectivity index (χ2n) is 9.72. The van der Waals surface area contributed by atoms with Crippen LogP contribution in [0.15, 0.2) is 55.0 Å². The number of carbonyl (C=O) groups excluding carboxylic acids is 2. The monoisotopic (exact) mass is 479 g/mol. The van der Waals surface area contributed by atoms with Crippen LogP contribution in [-0.2, 0) is 18.4 Å². The summed E-state index contributed by atoms with van der Waals surface area (Å²) >= 11 is 0. The van der Waals surface area contributed by atoms with Gasteiger partial charge in [-0.15, -0.1) is 0 Å². The number of anilines is 1. The van der Waals surface area contributed by atoms with Gasteiger partial charge in [0.05, 0.1) is 0 Å². The summed E-state index contributed by atoms with van der Waals surface area (Å²) in [5, 5.41) is 2.97. The molecule has 186 valence electrons. The lowest BCUT2D eigenvalue weighted by molar-refractivity contribution is 0.0187. The molecule has 9 nitrogen and oxygen atoms in total. The molecule has 0 bridgehead atoms. The van der Waals surface area contributed by atoms with E-state index < -0.39 is 5.60 Å². The number of benzene rings is 1. The van der Waals surface area contributed by atoms with Crippen molar-refractivity contribution in [3.8, 4) is 5.75 Å². The van der Waals surface area contributed by atoms with Gasteiger partial charge in [-0.3, -0.25) is 4.79 Å². The summed E-state index contributed by atoms with van der Waals surface area (Å²) in [5.41, 5.74) is 0.769. The molecule has 1 N–H and O–H groups in total. The summed E-state index contributed by atoms with van der Waals surface area (Å²) in [6.45, 7) is 7.16. The first-order valence-electron chi connectivity index (χ1n) is 11.8. The average molecular weight is 480 g/mol. The molecular weight excluding hydrogens is 446 g/mol. The van der Waals surface area contributed by atoms with E-state index in [0.29, 0.717) is 36.8 Å². The molecule has 2 amide bonds. The molecule has 3 aromatic rings. The Morgan fingerprint density at radius 2 is 1.80 bits per heavy atom. The third kappa shape index (κ3) is 6.23. The van der Waals surface area contributed by atoms with Crippen molar-refractivity contribution in [2.45, 2.75) is 51.9 Å². The molecule has 0 aliphatic carbocycles. The maximum atomic E-state index is 13.0. The molecule has 4 rings (SSSR count). The standard InChI is InChI=1S/C26H33N5O4/c1-26(2,3)35-25(33)30-15-11-20(12-16-30)31-14-5-6-22(31)24(32)28-19-7-9-21(10-8-19)34-18-23-27-13-17-29(23)4/h5-10,13-14,17,20H,11-12,15-16,18H2,1-4H3,(H,28,32). The molecule has 1 aliphatic rings. The van der Waals surface area contributed by atoms with Gasteiger partial charge < -0.3 is 28.8 Å². The topological polar surface area (TPSA) is 90.6 Å². The normalized spacial score (nSPS) is 14.6. The average Bonchev–Trinajstić information content (AvgIpc) is 3.47. The summed E-state index contributed by atoms with van der Waals surface area (Å²) in [7, 11) is 1.92. The molecule has 1 aliphatic heterocycles. The number of aryl methyl sites for hydroxylation is 1. The minimum Gasteiger partial charge on any atom is -0.486 e. The molecule has 0 atom stereocenters. The quantitative estimate of drug-likeness (QED) is 0.557. The van der Waals surface area contributed by atoms with Crippen molar-refractivity contribution in [3.05, 3.63) is 66.5 Å². The molecule has 0 saturated carbocycles. The van der Waals surface area contributed by atoms with Crippen LogP contribution in [-0.4, -0.2) is 49.7 Å². The van der Waals surface area contributed by atoms with Gasteiger partial charge in [0.15, 0.2) is 0 Å². The van der Waals surface area contributed by atoms with E-state index in [2.05, 4.69) is 10.3 Å². The summed E-state index contributed by atoms with van der Waals surface area (Å²) in [6.07, 6.45) is 6.77. The number of nitrogens with zero attached hydrogens (tertiary/aromatic N) is 4. The van der Waals surface area contributed by atoms with Gasteiger partial charge in [0.2, 0.25) is 0 Å². The summed E-state index contributed by atoms with van der Waals surface area (Å²) in [5.74, 6) is 1.36. The lowest BCUT2D eigenvalue weighted by Gasteiger charge is -2.34. The molecule has 1 saturated heterocycles. The highest BCUT2D eigenvalue weighted by molar-refractivity contribution is 6.03. The first-order valence-corrected chi connectivity index (χ1v) is 11.8. The Morgan fingerprint density at radius 1 is 1.09 bits per heavy atom. The number of rotatable bonds is 6. The van der Waals surface area contributed by atoms with E-state index >= 15 is 0 Å². The molecule has 0 radical (unpaired) electrons. The molecule has 3 heterocycles. The number of likely N-dealkylation sites (tertiary alicyclic amines) is 1. The number of aromatic nitrogens is 3. The molecule has 0 unspecified atom stereocenters. The van der Waals surface area contributed by atoms with Crippen LogP contribution in [0.3, 0.4) is 0 Å². The van der Waals surface area contributed by atoms with E-state index in [4.69, 9.17) is 9.47 Å². The zero-order chi connectivity index (χ0) is 25.0. The Morgan fingerprint density at radius 3 is 2.43 bits per heavy atom. The van der Waals surface area contributed by atoms with Crippen LogP contribution in [0.25, 0.3) is 0 Å². The molecule has 9 heteroatoms. The SMILES string of the molecule is Cn1ccnc1COc1ccc(NC(=O)c2cccn2C2CCN(C(=O)OC(C)(C)C)CC2)cc1. The van der Waals surface area contributed by atoms with E-state index in [9.17, 15) is 9.59 Å². The first kappa shape index (κ1) is 24.4.